The molecule has 2 heterocycles. The molecule has 112 valence electrons. The second kappa shape index (κ2) is 7.02. The molecule has 0 radical (unpaired) electrons. The first-order valence-corrected chi connectivity index (χ1v) is 7.84. The van der Waals surface area contributed by atoms with Crippen LogP contribution in [0.3, 0.4) is 0 Å². The number of piperidine rings is 1. The van der Waals surface area contributed by atoms with Crippen LogP contribution in [-0.2, 0) is 0 Å². The lowest BCUT2D eigenvalue weighted by molar-refractivity contribution is 0.0598. The van der Waals surface area contributed by atoms with E-state index in [4.69, 9.17) is 0 Å². The van der Waals surface area contributed by atoms with Gasteiger partial charge in [0, 0.05) is 51.4 Å². The summed E-state index contributed by atoms with van der Waals surface area (Å²) in [7, 11) is 9.15. The van der Waals surface area contributed by atoms with Crippen LogP contribution in [0.5, 0.6) is 0 Å². The monoisotopic (exact) mass is 268 g/mol. The molecule has 0 aromatic rings. The van der Waals surface area contributed by atoms with Gasteiger partial charge in [-0.15, -0.1) is 0 Å². The molecule has 4 heteroatoms. The number of hydrogen-bond donors (Lipinski definition) is 0. The van der Waals surface area contributed by atoms with Crippen LogP contribution in [0.25, 0.3) is 0 Å². The first kappa shape index (κ1) is 15.2. The minimum absolute atomic E-state index is 0.752. The topological polar surface area (TPSA) is 13.0 Å². The van der Waals surface area contributed by atoms with Crippen molar-refractivity contribution in [1.82, 2.24) is 19.6 Å². The Labute approximate surface area is 119 Å². The SMILES string of the molecule is CN1CCN(C)CC2CCCC(CN(C)CC1)N2C. The Morgan fingerprint density at radius 2 is 1.05 bits per heavy atom. The van der Waals surface area contributed by atoms with E-state index in [1.165, 1.54) is 58.5 Å². The summed E-state index contributed by atoms with van der Waals surface area (Å²) in [6.45, 7) is 7.20. The van der Waals surface area contributed by atoms with Crippen LogP contribution >= 0.6 is 0 Å². The van der Waals surface area contributed by atoms with Crippen molar-refractivity contribution in [2.45, 2.75) is 31.3 Å². The molecule has 2 saturated heterocycles. The second-order valence-corrected chi connectivity index (χ2v) is 6.73. The van der Waals surface area contributed by atoms with Gasteiger partial charge in [-0.05, 0) is 41.0 Å². The first-order valence-electron chi connectivity index (χ1n) is 7.84. The quantitative estimate of drug-likeness (QED) is 0.639. The molecule has 0 saturated carbocycles. The van der Waals surface area contributed by atoms with Gasteiger partial charge in [-0.25, -0.2) is 0 Å². The molecule has 19 heavy (non-hydrogen) atoms. The van der Waals surface area contributed by atoms with Gasteiger partial charge in [-0.1, -0.05) is 6.42 Å². The van der Waals surface area contributed by atoms with E-state index < -0.39 is 0 Å². The zero-order valence-corrected chi connectivity index (χ0v) is 13.3. The maximum atomic E-state index is 2.65. The molecule has 2 bridgehead atoms. The van der Waals surface area contributed by atoms with Crippen LogP contribution in [0, 0.1) is 0 Å². The minimum atomic E-state index is 0.752. The Balaban J connectivity index is 2.01. The third-order valence-electron chi connectivity index (χ3n) is 5.00. The Hall–Kier alpha value is -0.160. The zero-order valence-electron chi connectivity index (χ0n) is 13.3. The highest BCUT2D eigenvalue weighted by Gasteiger charge is 2.29. The van der Waals surface area contributed by atoms with Crippen LogP contribution in [0.15, 0.2) is 0 Å². The summed E-state index contributed by atoms with van der Waals surface area (Å²) >= 11 is 0. The molecule has 0 aromatic heterocycles. The van der Waals surface area contributed by atoms with Crippen molar-refractivity contribution in [2.24, 2.45) is 0 Å². The summed E-state index contributed by atoms with van der Waals surface area (Å²) in [5, 5.41) is 0. The zero-order chi connectivity index (χ0) is 13.8. The fourth-order valence-electron chi connectivity index (χ4n) is 3.43. The van der Waals surface area contributed by atoms with Gasteiger partial charge in [0.05, 0.1) is 0 Å². The minimum Gasteiger partial charge on any atom is -0.304 e. The van der Waals surface area contributed by atoms with E-state index in [2.05, 4.69) is 47.8 Å². The van der Waals surface area contributed by atoms with Crippen molar-refractivity contribution < 1.29 is 0 Å². The number of hydrogen-bond acceptors (Lipinski definition) is 4. The van der Waals surface area contributed by atoms with Crippen LogP contribution in [-0.4, -0.2) is 99.1 Å². The highest BCUT2D eigenvalue weighted by molar-refractivity contribution is 4.86. The van der Waals surface area contributed by atoms with Gasteiger partial charge >= 0.3 is 0 Å². The fourth-order valence-corrected chi connectivity index (χ4v) is 3.43. The molecule has 2 fully saturated rings. The molecule has 0 aliphatic carbocycles. The van der Waals surface area contributed by atoms with Crippen LogP contribution in [0.4, 0.5) is 0 Å². The normalized spacial score (nSPS) is 34.7. The molecule has 0 aromatic carbocycles. The van der Waals surface area contributed by atoms with Gasteiger partial charge in [0.15, 0.2) is 0 Å². The highest BCUT2D eigenvalue weighted by Crippen LogP contribution is 2.22. The van der Waals surface area contributed by atoms with E-state index >= 15 is 0 Å². The van der Waals surface area contributed by atoms with Crippen molar-refractivity contribution in [1.29, 1.82) is 0 Å². The average Bonchev–Trinajstić information content (AvgIpc) is 2.38. The van der Waals surface area contributed by atoms with Crippen LogP contribution < -0.4 is 0 Å². The van der Waals surface area contributed by atoms with Gasteiger partial charge in [0.1, 0.15) is 0 Å². The summed E-state index contributed by atoms with van der Waals surface area (Å²) in [4.78, 5) is 10.2. The molecule has 0 spiro atoms. The van der Waals surface area contributed by atoms with Gasteiger partial charge in [0.25, 0.3) is 0 Å². The first-order chi connectivity index (χ1) is 9.06. The van der Waals surface area contributed by atoms with Gasteiger partial charge in [0.2, 0.25) is 0 Å². The smallest absolute Gasteiger partial charge is 0.0223 e. The standard InChI is InChI=1S/C15H32N4/c1-16-8-10-17(2)12-14-6-5-7-15(19(14)4)13-18(3)11-9-16/h14-15H,5-13H2,1-4H3. The Kier molecular flexibility index (Phi) is 5.63. The Morgan fingerprint density at radius 1 is 0.632 bits per heavy atom. The van der Waals surface area contributed by atoms with Gasteiger partial charge in [-0.2, -0.15) is 0 Å². The maximum absolute atomic E-state index is 2.65. The van der Waals surface area contributed by atoms with E-state index in [1.54, 1.807) is 0 Å². The van der Waals surface area contributed by atoms with E-state index in [0.717, 1.165) is 12.1 Å². The predicted octanol–water partition coefficient (Wildman–Crippen LogP) is 0.648. The van der Waals surface area contributed by atoms with E-state index in [9.17, 15) is 0 Å². The molecule has 2 rings (SSSR count). The molecule has 0 N–H and O–H groups in total. The predicted molar refractivity (Wildman–Crippen MR) is 81.7 cm³/mol. The number of nitrogens with zero attached hydrogens (tertiary/aromatic N) is 4. The van der Waals surface area contributed by atoms with Crippen LogP contribution in [0.1, 0.15) is 19.3 Å². The lowest BCUT2D eigenvalue weighted by Gasteiger charge is -2.43. The average molecular weight is 268 g/mol. The molecule has 2 atom stereocenters. The highest BCUT2D eigenvalue weighted by atomic mass is 15.3. The Bertz CT molecular complexity index is 247. The van der Waals surface area contributed by atoms with Crippen molar-refractivity contribution in [3.05, 3.63) is 0 Å². The van der Waals surface area contributed by atoms with E-state index in [0.29, 0.717) is 0 Å². The lowest BCUT2D eigenvalue weighted by atomic mass is 9.95. The molecule has 0 amide bonds. The molecule has 4 nitrogen and oxygen atoms in total. The Morgan fingerprint density at radius 3 is 1.53 bits per heavy atom. The van der Waals surface area contributed by atoms with Crippen LogP contribution in [0.2, 0.25) is 0 Å². The summed E-state index contributed by atoms with van der Waals surface area (Å²) in [6.07, 6.45) is 4.15. The fraction of sp³-hybridized carbons (Fsp3) is 1.00. The largest absolute Gasteiger partial charge is 0.304 e. The van der Waals surface area contributed by atoms with Crippen molar-refractivity contribution in [2.75, 3.05) is 67.5 Å². The van der Waals surface area contributed by atoms with E-state index in [1.807, 2.05) is 0 Å². The third-order valence-corrected chi connectivity index (χ3v) is 5.00. The van der Waals surface area contributed by atoms with Gasteiger partial charge in [-0.3, -0.25) is 4.90 Å². The van der Waals surface area contributed by atoms with Crippen molar-refractivity contribution >= 4 is 0 Å². The van der Waals surface area contributed by atoms with Crippen molar-refractivity contribution in [3.8, 4) is 0 Å². The second-order valence-electron chi connectivity index (χ2n) is 6.73. The molecule has 2 unspecified atom stereocenters. The molecular weight excluding hydrogens is 236 g/mol. The van der Waals surface area contributed by atoms with E-state index in [-0.39, 0.29) is 0 Å². The van der Waals surface area contributed by atoms with Crippen molar-refractivity contribution in [3.63, 3.8) is 0 Å². The molecule has 2 aliphatic rings. The third kappa shape index (κ3) is 4.42. The summed E-state index contributed by atoms with van der Waals surface area (Å²) in [5.41, 5.74) is 0. The maximum Gasteiger partial charge on any atom is 0.0223 e. The molecule has 2 aliphatic heterocycles. The van der Waals surface area contributed by atoms with Gasteiger partial charge < -0.3 is 14.7 Å². The summed E-state index contributed by atoms with van der Waals surface area (Å²) in [6, 6.07) is 1.50. The summed E-state index contributed by atoms with van der Waals surface area (Å²) in [5.74, 6) is 0. The lowest BCUT2D eigenvalue weighted by Crippen LogP contribution is -2.53. The summed E-state index contributed by atoms with van der Waals surface area (Å²) < 4.78 is 0. The number of rotatable bonds is 0. The molecular formula is C15H32N4. The number of fused-ring (bicyclic) bond motifs is 2. The number of likely N-dealkylation sites (N-methyl/N-ethyl adjacent to an activating group) is 4.